The summed E-state index contributed by atoms with van der Waals surface area (Å²) in [7, 11) is 0. The molecule has 138 valence electrons. The lowest BCUT2D eigenvalue weighted by molar-refractivity contribution is -0.126. The van der Waals surface area contributed by atoms with E-state index in [1.165, 1.54) is 0 Å². The van der Waals surface area contributed by atoms with Gasteiger partial charge in [-0.3, -0.25) is 4.79 Å². The van der Waals surface area contributed by atoms with E-state index in [0.717, 1.165) is 62.0 Å². The molecular weight excluding hydrogens is 316 g/mol. The molecule has 25 heavy (non-hydrogen) atoms. The van der Waals surface area contributed by atoms with Crippen molar-refractivity contribution in [3.05, 3.63) is 29.3 Å². The van der Waals surface area contributed by atoms with Gasteiger partial charge in [-0.2, -0.15) is 0 Å². The standard InChI is InChI=1S/C20H30N2O3/c1-14-7-8-16(19(10-14)25-13-18-6-3-9-24-18)12-22-20(23)15-4-2-5-17(21)11-15/h7-8,10,15,17-18H,2-6,9,11-13,21H2,1H3,(H,22,23). The molecule has 0 bridgehead atoms. The van der Waals surface area contributed by atoms with Crippen LogP contribution in [0.25, 0.3) is 0 Å². The first-order chi connectivity index (χ1) is 12.1. The first kappa shape index (κ1) is 18.2. The number of nitrogens with two attached hydrogens (primary N) is 1. The molecule has 0 spiro atoms. The van der Waals surface area contributed by atoms with Crippen LogP contribution in [0.4, 0.5) is 0 Å². The summed E-state index contributed by atoms with van der Waals surface area (Å²) in [5.41, 5.74) is 8.16. The lowest BCUT2D eigenvalue weighted by Gasteiger charge is -2.25. The van der Waals surface area contributed by atoms with E-state index in [4.69, 9.17) is 15.2 Å². The van der Waals surface area contributed by atoms with Gasteiger partial charge in [-0.15, -0.1) is 0 Å². The number of benzene rings is 1. The molecular formula is C20H30N2O3. The van der Waals surface area contributed by atoms with Gasteiger partial charge in [-0.05, 0) is 50.7 Å². The fraction of sp³-hybridized carbons (Fsp3) is 0.650. The van der Waals surface area contributed by atoms with Crippen molar-refractivity contribution in [3.63, 3.8) is 0 Å². The minimum absolute atomic E-state index is 0.0467. The molecule has 3 atom stereocenters. The summed E-state index contributed by atoms with van der Waals surface area (Å²) >= 11 is 0. The monoisotopic (exact) mass is 346 g/mol. The van der Waals surface area contributed by atoms with Crippen molar-refractivity contribution in [1.29, 1.82) is 0 Å². The zero-order valence-electron chi connectivity index (χ0n) is 15.1. The minimum Gasteiger partial charge on any atom is -0.491 e. The van der Waals surface area contributed by atoms with Gasteiger partial charge >= 0.3 is 0 Å². The van der Waals surface area contributed by atoms with Crippen LogP contribution in [0.5, 0.6) is 5.75 Å². The number of amides is 1. The summed E-state index contributed by atoms with van der Waals surface area (Å²) in [6, 6.07) is 6.28. The second-order valence-corrected chi connectivity index (χ2v) is 7.40. The summed E-state index contributed by atoms with van der Waals surface area (Å²) in [6.07, 6.45) is 6.15. The van der Waals surface area contributed by atoms with E-state index in [1.807, 2.05) is 19.1 Å². The third kappa shape index (κ3) is 5.19. The van der Waals surface area contributed by atoms with E-state index < -0.39 is 0 Å². The Hall–Kier alpha value is -1.59. The van der Waals surface area contributed by atoms with Crippen molar-refractivity contribution < 1.29 is 14.3 Å². The quantitative estimate of drug-likeness (QED) is 0.830. The highest BCUT2D eigenvalue weighted by Crippen LogP contribution is 2.25. The smallest absolute Gasteiger partial charge is 0.223 e. The highest BCUT2D eigenvalue weighted by Gasteiger charge is 2.25. The molecule has 5 nitrogen and oxygen atoms in total. The van der Waals surface area contributed by atoms with Gasteiger partial charge in [-0.1, -0.05) is 18.6 Å². The summed E-state index contributed by atoms with van der Waals surface area (Å²) in [5, 5.41) is 3.07. The molecule has 1 aromatic carbocycles. The average molecular weight is 346 g/mol. The third-order valence-corrected chi connectivity index (χ3v) is 5.21. The second-order valence-electron chi connectivity index (χ2n) is 7.40. The largest absolute Gasteiger partial charge is 0.491 e. The van der Waals surface area contributed by atoms with E-state index in [1.54, 1.807) is 0 Å². The number of ether oxygens (including phenoxy) is 2. The van der Waals surface area contributed by atoms with Crippen molar-refractivity contribution in [2.45, 2.75) is 64.1 Å². The van der Waals surface area contributed by atoms with Crippen molar-refractivity contribution in [1.82, 2.24) is 5.32 Å². The average Bonchev–Trinajstić information content (AvgIpc) is 3.12. The number of carbonyl (C=O) groups is 1. The van der Waals surface area contributed by atoms with Crippen LogP contribution in [0.15, 0.2) is 18.2 Å². The Morgan fingerprint density at radius 1 is 1.32 bits per heavy atom. The highest BCUT2D eigenvalue weighted by molar-refractivity contribution is 5.78. The normalized spacial score (nSPS) is 26.4. The van der Waals surface area contributed by atoms with Crippen LogP contribution in [-0.2, 0) is 16.1 Å². The summed E-state index contributed by atoms with van der Waals surface area (Å²) in [4.78, 5) is 12.4. The van der Waals surface area contributed by atoms with Gasteiger partial charge in [0.05, 0.1) is 6.10 Å². The Morgan fingerprint density at radius 2 is 2.20 bits per heavy atom. The fourth-order valence-corrected chi connectivity index (χ4v) is 3.69. The molecule has 1 saturated heterocycles. The van der Waals surface area contributed by atoms with Gasteiger partial charge in [0.2, 0.25) is 5.91 Å². The molecule has 1 heterocycles. The van der Waals surface area contributed by atoms with E-state index in [2.05, 4.69) is 11.4 Å². The molecule has 1 saturated carbocycles. The second kappa shape index (κ2) is 8.68. The van der Waals surface area contributed by atoms with E-state index in [0.29, 0.717) is 13.2 Å². The Labute approximate surface area is 150 Å². The van der Waals surface area contributed by atoms with Crippen molar-refractivity contribution in [3.8, 4) is 5.75 Å². The molecule has 1 aliphatic heterocycles. The van der Waals surface area contributed by atoms with Gasteiger partial charge in [-0.25, -0.2) is 0 Å². The molecule has 3 N–H and O–H groups in total. The summed E-state index contributed by atoms with van der Waals surface area (Å²) in [6.45, 7) is 3.94. The molecule has 1 aromatic rings. The topological polar surface area (TPSA) is 73.6 Å². The maximum absolute atomic E-state index is 12.4. The molecule has 3 unspecified atom stereocenters. The SMILES string of the molecule is Cc1ccc(CNC(=O)C2CCCC(N)C2)c(OCC2CCCO2)c1. The molecule has 0 aromatic heterocycles. The lowest BCUT2D eigenvalue weighted by atomic mass is 9.85. The summed E-state index contributed by atoms with van der Waals surface area (Å²) < 4.78 is 11.6. The van der Waals surface area contributed by atoms with Crippen LogP contribution in [0.1, 0.15) is 49.7 Å². The van der Waals surface area contributed by atoms with Crippen LogP contribution < -0.4 is 15.8 Å². The molecule has 2 fully saturated rings. The van der Waals surface area contributed by atoms with Gasteiger partial charge in [0.25, 0.3) is 0 Å². The van der Waals surface area contributed by atoms with Crippen LogP contribution >= 0.6 is 0 Å². The Balaban J connectivity index is 1.56. The minimum atomic E-state index is 0.0467. The maximum Gasteiger partial charge on any atom is 0.223 e. The number of aryl methyl sites for hydroxylation is 1. The molecule has 5 heteroatoms. The zero-order chi connectivity index (χ0) is 17.6. The van der Waals surface area contributed by atoms with Crippen LogP contribution in [-0.4, -0.2) is 31.3 Å². The predicted molar refractivity (Wildman–Crippen MR) is 97.4 cm³/mol. The van der Waals surface area contributed by atoms with Gasteiger partial charge in [0, 0.05) is 30.7 Å². The first-order valence-corrected chi connectivity index (χ1v) is 9.49. The van der Waals surface area contributed by atoms with E-state index in [-0.39, 0.29) is 24.0 Å². The molecule has 0 radical (unpaired) electrons. The van der Waals surface area contributed by atoms with Crippen molar-refractivity contribution in [2.75, 3.05) is 13.2 Å². The van der Waals surface area contributed by atoms with Crippen molar-refractivity contribution in [2.24, 2.45) is 11.7 Å². The number of nitrogens with one attached hydrogen (secondary N) is 1. The summed E-state index contributed by atoms with van der Waals surface area (Å²) in [5.74, 6) is 1.00. The van der Waals surface area contributed by atoms with Crippen molar-refractivity contribution >= 4 is 5.91 Å². The van der Waals surface area contributed by atoms with Gasteiger partial charge in [0.15, 0.2) is 0 Å². The van der Waals surface area contributed by atoms with E-state index in [9.17, 15) is 4.79 Å². The lowest BCUT2D eigenvalue weighted by Crippen LogP contribution is -2.37. The first-order valence-electron chi connectivity index (χ1n) is 9.49. The van der Waals surface area contributed by atoms with Crippen LogP contribution in [0.2, 0.25) is 0 Å². The molecule has 1 aliphatic carbocycles. The molecule has 3 rings (SSSR count). The van der Waals surface area contributed by atoms with Gasteiger partial charge < -0.3 is 20.5 Å². The Kier molecular flexibility index (Phi) is 6.32. The zero-order valence-corrected chi connectivity index (χ0v) is 15.1. The Bertz CT molecular complexity index is 584. The highest BCUT2D eigenvalue weighted by atomic mass is 16.5. The third-order valence-electron chi connectivity index (χ3n) is 5.21. The van der Waals surface area contributed by atoms with Crippen LogP contribution in [0.3, 0.4) is 0 Å². The number of carbonyl (C=O) groups excluding carboxylic acids is 1. The molecule has 1 amide bonds. The molecule has 2 aliphatic rings. The number of rotatable bonds is 6. The predicted octanol–water partition coefficient (Wildman–Crippen LogP) is 2.69. The maximum atomic E-state index is 12.4. The fourth-order valence-electron chi connectivity index (χ4n) is 3.69. The van der Waals surface area contributed by atoms with Gasteiger partial charge in [0.1, 0.15) is 12.4 Å². The van der Waals surface area contributed by atoms with Crippen LogP contribution in [0, 0.1) is 12.8 Å². The number of hydrogen-bond donors (Lipinski definition) is 2. The van der Waals surface area contributed by atoms with E-state index >= 15 is 0 Å². The number of hydrogen-bond acceptors (Lipinski definition) is 4. The Morgan fingerprint density at radius 3 is 2.96 bits per heavy atom.